The quantitative estimate of drug-likeness (QED) is 0.608. The number of nitrogens with zero attached hydrogens (tertiary/aromatic N) is 1. The van der Waals surface area contributed by atoms with Gasteiger partial charge in [-0.1, -0.05) is 48.5 Å². The van der Waals surface area contributed by atoms with Crippen molar-refractivity contribution in [3.05, 3.63) is 59.7 Å². The highest BCUT2D eigenvalue weighted by Gasteiger charge is 2.46. The molecule has 2 heterocycles. The molecule has 0 spiro atoms. The van der Waals surface area contributed by atoms with Crippen molar-refractivity contribution < 1.29 is 14.3 Å². The normalized spacial score (nSPS) is 25.0. The van der Waals surface area contributed by atoms with Gasteiger partial charge in [0.2, 0.25) is 0 Å². The third-order valence-corrected chi connectivity index (χ3v) is 7.10. The number of hydrogen-bond acceptors (Lipinski definition) is 3. The zero-order chi connectivity index (χ0) is 21.8. The van der Waals surface area contributed by atoms with Crippen molar-refractivity contribution >= 4 is 11.9 Å². The van der Waals surface area contributed by atoms with Crippen molar-refractivity contribution in [1.82, 2.24) is 4.90 Å². The van der Waals surface area contributed by atoms with Crippen molar-refractivity contribution in [2.24, 2.45) is 5.92 Å². The molecule has 3 aliphatic rings. The highest BCUT2D eigenvalue weighted by atomic mass is 16.6. The van der Waals surface area contributed by atoms with E-state index in [1.165, 1.54) is 11.1 Å². The van der Waals surface area contributed by atoms with Crippen molar-refractivity contribution in [1.29, 1.82) is 0 Å². The summed E-state index contributed by atoms with van der Waals surface area (Å²) in [6.45, 7) is 5.73. The number of ether oxygens (including phenoxy) is 1. The minimum atomic E-state index is -0.505. The lowest BCUT2D eigenvalue weighted by molar-refractivity contribution is -0.127. The predicted molar refractivity (Wildman–Crippen MR) is 121 cm³/mol. The number of Topliss-reactive ketones (excluding diaryl/α,β-unsaturated/α-hetero) is 1. The summed E-state index contributed by atoms with van der Waals surface area (Å²) in [5.41, 5.74) is 4.13. The fraction of sp³-hybridized carbons (Fsp3) is 0.481. The van der Waals surface area contributed by atoms with Crippen molar-refractivity contribution in [2.45, 2.75) is 76.5 Å². The average Bonchev–Trinajstić information content (AvgIpc) is 3.05. The van der Waals surface area contributed by atoms with E-state index in [1.54, 1.807) is 0 Å². The zero-order valence-corrected chi connectivity index (χ0v) is 18.6. The van der Waals surface area contributed by atoms with E-state index in [4.69, 9.17) is 4.74 Å². The number of piperidine rings is 2. The molecular formula is C27H31NO3. The van der Waals surface area contributed by atoms with Gasteiger partial charge in [0, 0.05) is 18.0 Å². The van der Waals surface area contributed by atoms with Crippen LogP contribution < -0.4 is 0 Å². The fourth-order valence-corrected chi connectivity index (χ4v) is 5.92. The summed E-state index contributed by atoms with van der Waals surface area (Å²) < 4.78 is 5.70. The summed E-state index contributed by atoms with van der Waals surface area (Å²) in [5.74, 6) is 0.113. The topological polar surface area (TPSA) is 46.6 Å². The first-order valence-corrected chi connectivity index (χ1v) is 11.6. The van der Waals surface area contributed by atoms with Crippen LogP contribution in [0.1, 0.15) is 69.9 Å². The highest BCUT2D eigenvalue weighted by molar-refractivity contribution is 5.98. The molecule has 2 atom stereocenters. The summed E-state index contributed by atoms with van der Waals surface area (Å²) >= 11 is 0. The average molecular weight is 418 g/mol. The standard InChI is InChI=1S/C27H31NO3/c1-27(2,3)31-26(30)28-18-9-8-10-19(28)16-17(15-18)25(29)24-22-13-6-4-11-20(22)21-12-5-7-14-23(21)24/h4-7,11-14,17-19,24H,8-10,15-16H2,1-3H3. The van der Waals surface area contributed by atoms with Gasteiger partial charge >= 0.3 is 6.09 Å². The molecule has 2 aliphatic heterocycles. The van der Waals surface area contributed by atoms with Crippen LogP contribution in [-0.4, -0.2) is 34.5 Å². The third-order valence-electron chi connectivity index (χ3n) is 7.10. The number of carbonyl (C=O) groups is 2. The van der Waals surface area contributed by atoms with Gasteiger partial charge in [-0.05, 0) is 75.1 Å². The van der Waals surface area contributed by atoms with E-state index < -0.39 is 5.60 Å². The number of benzene rings is 2. The molecule has 1 amide bonds. The second kappa shape index (κ2) is 7.51. The Labute approximate surface area is 184 Å². The van der Waals surface area contributed by atoms with Gasteiger partial charge in [-0.25, -0.2) is 4.79 Å². The molecule has 0 radical (unpaired) electrons. The summed E-state index contributed by atoms with van der Waals surface area (Å²) in [6.07, 6.45) is 4.30. The van der Waals surface area contributed by atoms with Crippen LogP contribution >= 0.6 is 0 Å². The van der Waals surface area contributed by atoms with E-state index in [9.17, 15) is 9.59 Å². The first-order valence-electron chi connectivity index (χ1n) is 11.6. The van der Waals surface area contributed by atoms with Crippen LogP contribution in [0, 0.1) is 5.92 Å². The maximum atomic E-state index is 13.9. The Hall–Kier alpha value is -2.62. The Morgan fingerprint density at radius 3 is 1.90 bits per heavy atom. The van der Waals surface area contributed by atoms with E-state index in [0.29, 0.717) is 5.78 Å². The molecule has 162 valence electrons. The van der Waals surface area contributed by atoms with Gasteiger partial charge in [-0.3, -0.25) is 4.79 Å². The number of carbonyl (C=O) groups excluding carboxylic acids is 2. The first kappa shape index (κ1) is 20.3. The summed E-state index contributed by atoms with van der Waals surface area (Å²) in [4.78, 5) is 28.8. The predicted octanol–water partition coefficient (Wildman–Crippen LogP) is 5.94. The van der Waals surface area contributed by atoms with Crippen LogP contribution in [0.3, 0.4) is 0 Å². The van der Waals surface area contributed by atoms with Gasteiger partial charge in [0.25, 0.3) is 0 Å². The molecule has 2 aromatic carbocycles. The minimum Gasteiger partial charge on any atom is -0.444 e. The lowest BCUT2D eigenvalue weighted by Crippen LogP contribution is -2.56. The molecule has 2 fully saturated rings. The summed E-state index contributed by atoms with van der Waals surface area (Å²) in [6, 6.07) is 16.8. The molecule has 1 aliphatic carbocycles. The van der Waals surface area contributed by atoms with E-state index in [-0.39, 0.29) is 30.0 Å². The van der Waals surface area contributed by atoms with Gasteiger partial charge in [0.05, 0.1) is 5.92 Å². The van der Waals surface area contributed by atoms with E-state index in [2.05, 4.69) is 24.3 Å². The third kappa shape index (κ3) is 3.56. The molecule has 31 heavy (non-hydrogen) atoms. The molecule has 2 aromatic rings. The lowest BCUT2D eigenvalue weighted by atomic mass is 9.73. The van der Waals surface area contributed by atoms with Crippen molar-refractivity contribution in [3.63, 3.8) is 0 Å². The second-order valence-electron chi connectivity index (χ2n) is 10.3. The molecule has 4 heteroatoms. The molecule has 2 bridgehead atoms. The highest BCUT2D eigenvalue weighted by Crippen LogP contribution is 2.48. The van der Waals surface area contributed by atoms with Crippen molar-refractivity contribution in [2.75, 3.05) is 0 Å². The number of hydrogen-bond donors (Lipinski definition) is 0. The zero-order valence-electron chi connectivity index (χ0n) is 18.6. The van der Waals surface area contributed by atoms with Gasteiger partial charge in [0.1, 0.15) is 11.4 Å². The molecule has 0 N–H and O–H groups in total. The second-order valence-corrected chi connectivity index (χ2v) is 10.3. The summed E-state index contributed by atoms with van der Waals surface area (Å²) in [5, 5.41) is 0. The minimum absolute atomic E-state index is 0.0156. The van der Waals surface area contributed by atoms with Gasteiger partial charge in [0.15, 0.2) is 0 Å². The number of rotatable bonds is 2. The molecule has 2 unspecified atom stereocenters. The van der Waals surface area contributed by atoms with Gasteiger partial charge < -0.3 is 9.64 Å². The maximum Gasteiger partial charge on any atom is 0.410 e. The molecule has 2 saturated heterocycles. The van der Waals surface area contributed by atoms with Crippen LogP contribution in [0.25, 0.3) is 11.1 Å². The van der Waals surface area contributed by atoms with Gasteiger partial charge in [-0.15, -0.1) is 0 Å². The maximum absolute atomic E-state index is 13.9. The molecule has 0 saturated carbocycles. The first-order chi connectivity index (χ1) is 14.8. The smallest absolute Gasteiger partial charge is 0.410 e. The summed E-state index contributed by atoms with van der Waals surface area (Å²) in [7, 11) is 0. The van der Waals surface area contributed by atoms with E-state index >= 15 is 0 Å². The molecule has 0 aromatic heterocycles. The lowest BCUT2D eigenvalue weighted by Gasteiger charge is -2.48. The number of amides is 1. The SMILES string of the molecule is CC(C)(C)OC(=O)N1C2CCCC1CC(C(=O)C1c3ccccc3-c3ccccc31)C2. The van der Waals surface area contributed by atoms with Crippen LogP contribution in [0.4, 0.5) is 4.79 Å². The Kier molecular flexibility index (Phi) is 4.91. The van der Waals surface area contributed by atoms with E-state index in [1.807, 2.05) is 49.9 Å². The Morgan fingerprint density at radius 2 is 1.39 bits per heavy atom. The van der Waals surface area contributed by atoms with Gasteiger partial charge in [-0.2, -0.15) is 0 Å². The Bertz CT molecular complexity index is 962. The monoisotopic (exact) mass is 417 g/mol. The molecular weight excluding hydrogens is 386 g/mol. The molecule has 5 rings (SSSR count). The fourth-order valence-electron chi connectivity index (χ4n) is 5.92. The van der Waals surface area contributed by atoms with Crippen molar-refractivity contribution in [3.8, 4) is 11.1 Å². The largest absolute Gasteiger partial charge is 0.444 e. The van der Waals surface area contributed by atoms with E-state index in [0.717, 1.165) is 43.2 Å². The Balaban J connectivity index is 1.42. The molecule has 4 nitrogen and oxygen atoms in total. The van der Waals surface area contributed by atoms with Crippen LogP contribution in [0.5, 0.6) is 0 Å². The number of ketones is 1. The number of fused-ring (bicyclic) bond motifs is 5. The van der Waals surface area contributed by atoms with Crippen LogP contribution in [0.15, 0.2) is 48.5 Å². The van der Waals surface area contributed by atoms with Crippen LogP contribution in [-0.2, 0) is 9.53 Å². The van der Waals surface area contributed by atoms with Crippen LogP contribution in [0.2, 0.25) is 0 Å². The Morgan fingerprint density at radius 1 is 0.871 bits per heavy atom.